The van der Waals surface area contributed by atoms with E-state index in [0.717, 1.165) is 36.2 Å². The molecule has 3 heterocycles. The second-order valence-electron chi connectivity index (χ2n) is 10.9. The Morgan fingerprint density at radius 1 is 0.879 bits per heavy atom. The lowest BCUT2D eigenvalue weighted by Gasteiger charge is -2.55. The summed E-state index contributed by atoms with van der Waals surface area (Å²) < 4.78 is 1.87. The lowest BCUT2D eigenvalue weighted by atomic mass is 9.68. The summed E-state index contributed by atoms with van der Waals surface area (Å²) in [5.74, 6) is 6.59. The van der Waals surface area contributed by atoms with E-state index in [9.17, 15) is 9.59 Å². The van der Waals surface area contributed by atoms with E-state index in [-0.39, 0.29) is 17.3 Å². The van der Waals surface area contributed by atoms with Crippen LogP contribution in [0, 0.1) is 11.8 Å². The van der Waals surface area contributed by atoms with Gasteiger partial charge in [0.15, 0.2) is 5.69 Å². The molecule has 1 aromatic carbocycles. The molecule has 2 aliphatic carbocycles. The molecule has 33 heavy (non-hydrogen) atoms. The average molecular weight is 450 g/mol. The number of nitrogens with one attached hydrogen (secondary N) is 1. The smallest absolute Gasteiger partial charge is 0.289 e. The maximum Gasteiger partial charge on any atom is 0.289 e. The third kappa shape index (κ3) is 3.69. The van der Waals surface area contributed by atoms with E-state index in [1.54, 1.807) is 0 Å². The van der Waals surface area contributed by atoms with Crippen molar-refractivity contribution in [1.82, 2.24) is 19.9 Å². The molecule has 2 aromatic rings. The van der Waals surface area contributed by atoms with Crippen molar-refractivity contribution in [2.75, 3.05) is 0 Å². The minimum atomic E-state index is -0.620. The summed E-state index contributed by atoms with van der Waals surface area (Å²) in [7, 11) is 0. The fourth-order valence-electron chi connectivity index (χ4n) is 7.87. The Kier molecular flexibility index (Phi) is 5.49. The second-order valence-corrected chi connectivity index (χ2v) is 10.9. The molecular formula is C26H35N5O2. The van der Waals surface area contributed by atoms with Gasteiger partial charge in [0, 0.05) is 24.2 Å². The van der Waals surface area contributed by atoms with Crippen molar-refractivity contribution in [3.8, 4) is 0 Å². The zero-order valence-electron chi connectivity index (χ0n) is 19.3. The zero-order chi connectivity index (χ0) is 22.5. The van der Waals surface area contributed by atoms with Gasteiger partial charge in [0.25, 0.3) is 11.5 Å². The number of carbonyl (C=O) groups excluding carboxylic acids is 1. The minimum absolute atomic E-state index is 0.0874. The van der Waals surface area contributed by atoms with Crippen molar-refractivity contribution < 1.29 is 4.79 Å². The predicted molar refractivity (Wildman–Crippen MR) is 128 cm³/mol. The molecule has 7 heteroatoms. The lowest BCUT2D eigenvalue weighted by Crippen LogP contribution is -2.58. The third-order valence-electron chi connectivity index (χ3n) is 9.04. The molecule has 1 amide bonds. The van der Waals surface area contributed by atoms with Gasteiger partial charge in [-0.1, -0.05) is 37.8 Å². The highest BCUT2D eigenvalue weighted by Gasteiger charge is 2.45. The predicted octanol–water partition coefficient (Wildman–Crippen LogP) is 3.53. The van der Waals surface area contributed by atoms with E-state index in [0.29, 0.717) is 17.6 Å². The molecule has 2 saturated carbocycles. The SMILES string of the molecule is NNC(=O)c1nc2ccccc2n(C2CC3CCCC(C2)N3C2CC3CCCC(C3)C2)c1=O. The zero-order valence-corrected chi connectivity index (χ0v) is 19.3. The molecule has 7 nitrogen and oxygen atoms in total. The molecule has 1 aromatic heterocycles. The van der Waals surface area contributed by atoms with Crippen LogP contribution < -0.4 is 16.8 Å². The summed E-state index contributed by atoms with van der Waals surface area (Å²) in [6.07, 6.45) is 14.1. The van der Waals surface area contributed by atoms with Gasteiger partial charge in [0.05, 0.1) is 11.0 Å². The van der Waals surface area contributed by atoms with Gasteiger partial charge in [-0.25, -0.2) is 10.8 Å². The second kappa shape index (κ2) is 8.51. The number of rotatable bonds is 3. The van der Waals surface area contributed by atoms with Crippen LogP contribution in [-0.2, 0) is 0 Å². The average Bonchev–Trinajstić information content (AvgIpc) is 2.82. The number of benzene rings is 1. The molecule has 0 radical (unpaired) electrons. The maximum absolute atomic E-state index is 13.5. The topological polar surface area (TPSA) is 93.2 Å². The Hall–Kier alpha value is -2.25. The van der Waals surface area contributed by atoms with Crippen LogP contribution in [0.3, 0.4) is 0 Å². The van der Waals surface area contributed by atoms with E-state index in [1.807, 2.05) is 28.8 Å². The van der Waals surface area contributed by atoms with Crippen LogP contribution >= 0.6 is 0 Å². The minimum Gasteiger partial charge on any atom is -0.302 e. The molecule has 3 N–H and O–H groups in total. The van der Waals surface area contributed by atoms with Crippen molar-refractivity contribution in [3.63, 3.8) is 0 Å². The number of nitrogen functional groups attached to an aromatic ring is 1. The summed E-state index contributed by atoms with van der Waals surface area (Å²) in [4.78, 5) is 33.1. The molecule has 4 atom stereocenters. The molecule has 4 aliphatic rings. The highest BCUT2D eigenvalue weighted by molar-refractivity contribution is 5.93. The van der Waals surface area contributed by atoms with E-state index in [2.05, 4.69) is 15.3 Å². The summed E-state index contributed by atoms with van der Waals surface area (Å²) in [6, 6.07) is 9.52. The summed E-state index contributed by atoms with van der Waals surface area (Å²) >= 11 is 0. The maximum atomic E-state index is 13.5. The van der Waals surface area contributed by atoms with E-state index < -0.39 is 5.91 Å². The van der Waals surface area contributed by atoms with Gasteiger partial charge in [-0.3, -0.25) is 19.9 Å². The fraction of sp³-hybridized carbons (Fsp3) is 0.654. The number of amides is 1. The van der Waals surface area contributed by atoms with Gasteiger partial charge >= 0.3 is 0 Å². The molecular weight excluding hydrogens is 414 g/mol. The fourth-order valence-corrected chi connectivity index (χ4v) is 7.87. The normalized spacial score (nSPS) is 34.2. The standard InChI is InChI=1S/C26H35N5O2/c27-29-25(32)24-26(33)31(23-10-2-1-9-22(23)28-24)21-14-18-7-4-8-19(15-21)30(18)20-12-16-5-3-6-17(11-16)13-20/h1-2,9-10,16-21H,3-8,11-15,27H2,(H,29,32). The largest absolute Gasteiger partial charge is 0.302 e. The Bertz CT molecular complexity index is 1090. The van der Waals surface area contributed by atoms with Crippen LogP contribution in [0.15, 0.2) is 29.1 Å². The number of nitrogens with two attached hydrogens (primary N) is 1. The van der Waals surface area contributed by atoms with Crippen molar-refractivity contribution in [3.05, 3.63) is 40.3 Å². The Morgan fingerprint density at radius 2 is 1.55 bits per heavy atom. The third-order valence-corrected chi connectivity index (χ3v) is 9.04. The Balaban J connectivity index is 1.35. The summed E-state index contributed by atoms with van der Waals surface area (Å²) in [5, 5.41) is 0. The van der Waals surface area contributed by atoms with Gasteiger partial charge in [-0.05, 0) is 68.9 Å². The number of aromatic nitrogens is 2. The number of nitrogens with zero attached hydrogens (tertiary/aromatic N) is 3. The van der Waals surface area contributed by atoms with Crippen molar-refractivity contribution in [1.29, 1.82) is 0 Å². The number of piperidine rings is 2. The molecule has 2 saturated heterocycles. The Labute approximate surface area is 194 Å². The Morgan fingerprint density at radius 3 is 2.24 bits per heavy atom. The molecule has 4 fully saturated rings. The van der Waals surface area contributed by atoms with Gasteiger partial charge in [-0.2, -0.15) is 0 Å². The highest BCUT2D eigenvalue weighted by Crippen LogP contribution is 2.47. The number of hydrogen-bond acceptors (Lipinski definition) is 5. The number of para-hydroxylation sites is 2. The van der Waals surface area contributed by atoms with Crippen molar-refractivity contribution >= 4 is 16.9 Å². The monoisotopic (exact) mass is 449 g/mol. The van der Waals surface area contributed by atoms with E-state index in [1.165, 1.54) is 57.8 Å². The van der Waals surface area contributed by atoms with Crippen molar-refractivity contribution in [2.24, 2.45) is 17.7 Å². The first-order valence-electron chi connectivity index (χ1n) is 12.9. The van der Waals surface area contributed by atoms with Crippen LogP contribution in [0.25, 0.3) is 11.0 Å². The van der Waals surface area contributed by atoms with E-state index >= 15 is 0 Å². The van der Waals surface area contributed by atoms with E-state index in [4.69, 9.17) is 5.84 Å². The van der Waals surface area contributed by atoms with Gasteiger partial charge in [0.2, 0.25) is 0 Å². The van der Waals surface area contributed by atoms with Crippen LogP contribution in [0.5, 0.6) is 0 Å². The lowest BCUT2D eigenvalue weighted by molar-refractivity contribution is -0.0486. The van der Waals surface area contributed by atoms with Crippen LogP contribution in [0.1, 0.15) is 87.2 Å². The number of hydrazine groups is 1. The van der Waals surface area contributed by atoms with Crippen LogP contribution in [0.2, 0.25) is 0 Å². The van der Waals surface area contributed by atoms with Crippen LogP contribution in [0.4, 0.5) is 0 Å². The quantitative estimate of drug-likeness (QED) is 0.425. The number of fused-ring (bicyclic) bond motifs is 5. The van der Waals surface area contributed by atoms with Gasteiger partial charge < -0.3 is 4.57 Å². The number of carbonyl (C=O) groups is 1. The van der Waals surface area contributed by atoms with Gasteiger partial charge in [0.1, 0.15) is 0 Å². The highest BCUT2D eigenvalue weighted by atomic mass is 16.2. The molecule has 4 bridgehead atoms. The first-order chi connectivity index (χ1) is 16.1. The number of hydrogen-bond donors (Lipinski definition) is 2. The molecule has 176 valence electrons. The van der Waals surface area contributed by atoms with Crippen LogP contribution in [-0.4, -0.2) is 38.5 Å². The molecule has 0 spiro atoms. The van der Waals surface area contributed by atoms with Gasteiger partial charge in [-0.15, -0.1) is 0 Å². The van der Waals surface area contributed by atoms with Crippen molar-refractivity contribution in [2.45, 2.75) is 94.8 Å². The summed E-state index contributed by atoms with van der Waals surface area (Å²) in [5.41, 5.74) is 3.17. The molecule has 6 rings (SSSR count). The molecule has 4 unspecified atom stereocenters. The first kappa shape index (κ1) is 21.3. The first-order valence-corrected chi connectivity index (χ1v) is 12.9. The molecule has 2 aliphatic heterocycles. The summed E-state index contributed by atoms with van der Waals surface area (Å²) in [6.45, 7) is 0.